The molecule has 5 N–H and O–H groups in total. The first kappa shape index (κ1) is 14.6. The molecule has 0 aliphatic heterocycles. The van der Waals surface area contributed by atoms with E-state index in [1.807, 2.05) is 31.2 Å². The first-order valence-corrected chi connectivity index (χ1v) is 6.83. The van der Waals surface area contributed by atoms with Crippen LogP contribution in [0.5, 0.6) is 0 Å². The molecule has 0 spiro atoms. The summed E-state index contributed by atoms with van der Waals surface area (Å²) in [5.41, 5.74) is 13.9. The van der Waals surface area contributed by atoms with Gasteiger partial charge in [-0.3, -0.25) is 0 Å². The van der Waals surface area contributed by atoms with Crippen LogP contribution < -0.4 is 16.8 Å². The number of rotatable bonds is 5. The standard InChI is InChI=1S/C14H18ClN5/c1-9-10(4-2-5-11(9)15)12-8-13(18-7-3-6-16)20-14(17)19-12/h2,4-5,8H,3,6-7,16H2,1H3,(H3,17,18,19,20). The molecule has 1 heterocycles. The summed E-state index contributed by atoms with van der Waals surface area (Å²) < 4.78 is 0. The van der Waals surface area contributed by atoms with Gasteiger partial charge in [0.15, 0.2) is 0 Å². The number of nitrogens with two attached hydrogens (primary N) is 2. The van der Waals surface area contributed by atoms with Crippen LogP contribution in [0.4, 0.5) is 11.8 Å². The molecule has 1 aromatic carbocycles. The maximum Gasteiger partial charge on any atom is 0.222 e. The van der Waals surface area contributed by atoms with E-state index in [9.17, 15) is 0 Å². The fourth-order valence-electron chi connectivity index (χ4n) is 1.90. The van der Waals surface area contributed by atoms with Crippen molar-refractivity contribution in [1.82, 2.24) is 9.97 Å². The maximum atomic E-state index is 6.14. The molecule has 2 rings (SSSR count). The zero-order valence-corrected chi connectivity index (χ0v) is 12.1. The molecule has 0 radical (unpaired) electrons. The average Bonchev–Trinajstić information content (AvgIpc) is 2.41. The van der Waals surface area contributed by atoms with Gasteiger partial charge in [0.1, 0.15) is 5.82 Å². The van der Waals surface area contributed by atoms with Crippen LogP contribution in [0, 0.1) is 6.92 Å². The highest BCUT2D eigenvalue weighted by atomic mass is 35.5. The van der Waals surface area contributed by atoms with Crippen molar-refractivity contribution in [2.45, 2.75) is 13.3 Å². The van der Waals surface area contributed by atoms with Crippen molar-refractivity contribution in [3.05, 3.63) is 34.9 Å². The summed E-state index contributed by atoms with van der Waals surface area (Å²) in [6.45, 7) is 3.34. The van der Waals surface area contributed by atoms with E-state index in [2.05, 4.69) is 15.3 Å². The summed E-state index contributed by atoms with van der Waals surface area (Å²) in [6.07, 6.45) is 0.870. The number of anilines is 2. The molecule has 6 heteroatoms. The highest BCUT2D eigenvalue weighted by Crippen LogP contribution is 2.28. The summed E-state index contributed by atoms with van der Waals surface area (Å²) in [6, 6.07) is 7.58. The normalized spacial score (nSPS) is 10.6. The summed E-state index contributed by atoms with van der Waals surface area (Å²) in [7, 11) is 0. The van der Waals surface area contributed by atoms with Crippen molar-refractivity contribution in [3.63, 3.8) is 0 Å². The molecule has 0 aliphatic rings. The molecule has 20 heavy (non-hydrogen) atoms. The minimum absolute atomic E-state index is 0.233. The lowest BCUT2D eigenvalue weighted by atomic mass is 10.1. The monoisotopic (exact) mass is 291 g/mol. The summed E-state index contributed by atoms with van der Waals surface area (Å²) in [4.78, 5) is 8.44. The van der Waals surface area contributed by atoms with Gasteiger partial charge in [0.25, 0.3) is 0 Å². The lowest BCUT2D eigenvalue weighted by Gasteiger charge is -2.10. The van der Waals surface area contributed by atoms with Crippen LogP contribution in [0.3, 0.4) is 0 Å². The van der Waals surface area contributed by atoms with Crippen molar-refractivity contribution in [1.29, 1.82) is 0 Å². The van der Waals surface area contributed by atoms with Gasteiger partial charge in [-0.15, -0.1) is 0 Å². The molecule has 0 aliphatic carbocycles. The van der Waals surface area contributed by atoms with Crippen molar-refractivity contribution in [2.75, 3.05) is 24.1 Å². The van der Waals surface area contributed by atoms with Gasteiger partial charge in [-0.2, -0.15) is 4.98 Å². The molecule has 5 nitrogen and oxygen atoms in total. The van der Waals surface area contributed by atoms with Crippen LogP contribution >= 0.6 is 11.6 Å². The number of halogens is 1. The molecule has 0 bridgehead atoms. The Morgan fingerprint density at radius 2 is 2.10 bits per heavy atom. The van der Waals surface area contributed by atoms with Crippen LogP contribution in [0.25, 0.3) is 11.3 Å². The molecule has 0 saturated carbocycles. The molecule has 0 fully saturated rings. The van der Waals surface area contributed by atoms with E-state index in [1.54, 1.807) is 0 Å². The second-order valence-corrected chi connectivity index (χ2v) is 4.89. The molecule has 1 aromatic heterocycles. The Morgan fingerprint density at radius 3 is 2.85 bits per heavy atom. The fraction of sp³-hybridized carbons (Fsp3) is 0.286. The summed E-state index contributed by atoms with van der Waals surface area (Å²) in [5.74, 6) is 0.928. The van der Waals surface area contributed by atoms with Gasteiger partial charge < -0.3 is 16.8 Å². The number of hydrogen-bond acceptors (Lipinski definition) is 5. The smallest absolute Gasteiger partial charge is 0.222 e. The van der Waals surface area contributed by atoms with Crippen LogP contribution in [-0.4, -0.2) is 23.1 Å². The Morgan fingerprint density at radius 1 is 1.30 bits per heavy atom. The van der Waals surface area contributed by atoms with E-state index in [0.29, 0.717) is 17.4 Å². The lowest BCUT2D eigenvalue weighted by molar-refractivity contribution is 0.869. The molecule has 0 amide bonds. The van der Waals surface area contributed by atoms with Gasteiger partial charge in [-0.05, 0) is 31.5 Å². The van der Waals surface area contributed by atoms with Crippen LogP contribution in [0.1, 0.15) is 12.0 Å². The Labute approximate surface area is 123 Å². The molecule has 2 aromatic rings. The van der Waals surface area contributed by atoms with Crippen molar-refractivity contribution >= 4 is 23.4 Å². The Balaban J connectivity index is 2.34. The molecular formula is C14H18ClN5. The van der Waals surface area contributed by atoms with Gasteiger partial charge in [-0.1, -0.05) is 23.7 Å². The minimum Gasteiger partial charge on any atom is -0.370 e. The van der Waals surface area contributed by atoms with Crippen molar-refractivity contribution < 1.29 is 0 Å². The number of aromatic nitrogens is 2. The van der Waals surface area contributed by atoms with Gasteiger partial charge >= 0.3 is 0 Å². The van der Waals surface area contributed by atoms with E-state index in [4.69, 9.17) is 23.1 Å². The number of nitrogens with one attached hydrogen (secondary N) is 1. The van der Waals surface area contributed by atoms with Crippen molar-refractivity contribution in [2.24, 2.45) is 5.73 Å². The summed E-state index contributed by atoms with van der Waals surface area (Å²) in [5, 5.41) is 3.89. The summed E-state index contributed by atoms with van der Waals surface area (Å²) >= 11 is 6.14. The molecule has 0 unspecified atom stereocenters. The second kappa shape index (κ2) is 6.54. The first-order chi connectivity index (χ1) is 9.61. The average molecular weight is 292 g/mol. The van der Waals surface area contributed by atoms with E-state index >= 15 is 0 Å². The molecule has 106 valence electrons. The molecule has 0 saturated heterocycles. The van der Waals surface area contributed by atoms with E-state index in [-0.39, 0.29) is 5.95 Å². The Bertz CT molecular complexity index is 600. The third-order valence-electron chi connectivity index (χ3n) is 2.97. The van der Waals surface area contributed by atoms with E-state index in [1.165, 1.54) is 0 Å². The van der Waals surface area contributed by atoms with Crippen LogP contribution in [0.2, 0.25) is 5.02 Å². The lowest BCUT2D eigenvalue weighted by Crippen LogP contribution is -2.10. The third kappa shape index (κ3) is 3.37. The van der Waals surface area contributed by atoms with E-state index in [0.717, 1.165) is 29.8 Å². The number of nitrogens with zero attached hydrogens (tertiary/aromatic N) is 2. The largest absolute Gasteiger partial charge is 0.370 e. The van der Waals surface area contributed by atoms with Gasteiger partial charge in [-0.25, -0.2) is 4.98 Å². The minimum atomic E-state index is 0.233. The van der Waals surface area contributed by atoms with Gasteiger partial charge in [0.2, 0.25) is 5.95 Å². The zero-order chi connectivity index (χ0) is 14.5. The Kier molecular flexibility index (Phi) is 4.76. The number of benzene rings is 1. The number of nitrogen functional groups attached to an aromatic ring is 1. The zero-order valence-electron chi connectivity index (χ0n) is 11.4. The van der Waals surface area contributed by atoms with Crippen molar-refractivity contribution in [3.8, 4) is 11.3 Å². The topological polar surface area (TPSA) is 89.8 Å². The highest BCUT2D eigenvalue weighted by Gasteiger charge is 2.09. The van der Waals surface area contributed by atoms with E-state index < -0.39 is 0 Å². The predicted octanol–water partition coefficient (Wildman–Crippen LogP) is 2.45. The third-order valence-corrected chi connectivity index (χ3v) is 3.38. The predicted molar refractivity (Wildman–Crippen MR) is 83.8 cm³/mol. The first-order valence-electron chi connectivity index (χ1n) is 6.46. The van der Waals surface area contributed by atoms with Gasteiger partial charge in [0, 0.05) is 23.2 Å². The van der Waals surface area contributed by atoms with Crippen LogP contribution in [-0.2, 0) is 0 Å². The fourth-order valence-corrected chi connectivity index (χ4v) is 2.07. The van der Waals surface area contributed by atoms with Gasteiger partial charge in [0.05, 0.1) is 5.69 Å². The second-order valence-electron chi connectivity index (χ2n) is 4.48. The number of hydrogen-bond donors (Lipinski definition) is 3. The maximum absolute atomic E-state index is 6.14. The highest BCUT2D eigenvalue weighted by molar-refractivity contribution is 6.31. The molecular weight excluding hydrogens is 274 g/mol. The Hall–Kier alpha value is -1.85. The quantitative estimate of drug-likeness (QED) is 0.736. The molecule has 0 atom stereocenters. The van der Waals surface area contributed by atoms with Crippen LogP contribution in [0.15, 0.2) is 24.3 Å². The SMILES string of the molecule is Cc1c(Cl)cccc1-c1cc(NCCCN)nc(N)n1.